The summed E-state index contributed by atoms with van der Waals surface area (Å²) >= 11 is 1.45. The largest absolute Gasteiger partial charge is 0.457 e. The van der Waals surface area contributed by atoms with Crippen molar-refractivity contribution in [1.29, 1.82) is 0 Å². The maximum atomic E-state index is 13.4. The van der Waals surface area contributed by atoms with Crippen LogP contribution in [-0.4, -0.2) is 5.97 Å². The predicted octanol–water partition coefficient (Wildman–Crippen LogP) is 2.97. The molecule has 0 aliphatic carbocycles. The standard InChI is InChI=1S/C12H9F2NO2S/c13-9-4-11(15)10(14)3-8(9)12(16)17-5-7-1-2-18-6-7/h1-4,6H,5,15H2. The molecule has 18 heavy (non-hydrogen) atoms. The Hall–Kier alpha value is -1.95. The third-order valence-corrected chi connectivity index (χ3v) is 2.99. The smallest absolute Gasteiger partial charge is 0.341 e. The van der Waals surface area contributed by atoms with Crippen LogP contribution in [0.2, 0.25) is 0 Å². The van der Waals surface area contributed by atoms with Gasteiger partial charge in [-0.25, -0.2) is 13.6 Å². The first-order valence-electron chi connectivity index (χ1n) is 5.00. The minimum absolute atomic E-state index is 0.0216. The highest BCUT2D eigenvalue weighted by Crippen LogP contribution is 2.18. The van der Waals surface area contributed by atoms with Gasteiger partial charge in [-0.2, -0.15) is 11.3 Å². The Balaban J connectivity index is 2.11. The summed E-state index contributed by atoms with van der Waals surface area (Å²) in [7, 11) is 0. The number of rotatable bonds is 3. The fourth-order valence-corrected chi connectivity index (χ4v) is 1.97. The van der Waals surface area contributed by atoms with Crippen molar-refractivity contribution in [2.24, 2.45) is 0 Å². The van der Waals surface area contributed by atoms with Crippen molar-refractivity contribution >= 4 is 23.0 Å². The molecule has 0 aliphatic heterocycles. The summed E-state index contributed by atoms with van der Waals surface area (Å²) in [5.74, 6) is -2.67. The van der Waals surface area contributed by atoms with E-state index in [0.717, 1.165) is 17.7 Å². The highest BCUT2D eigenvalue weighted by Gasteiger charge is 2.16. The molecule has 6 heteroatoms. The number of esters is 1. The number of ether oxygens (including phenoxy) is 1. The van der Waals surface area contributed by atoms with Crippen LogP contribution in [0.15, 0.2) is 29.0 Å². The van der Waals surface area contributed by atoms with E-state index in [1.807, 2.05) is 5.38 Å². The highest BCUT2D eigenvalue weighted by atomic mass is 32.1. The van der Waals surface area contributed by atoms with Crippen LogP contribution in [-0.2, 0) is 11.3 Å². The van der Waals surface area contributed by atoms with E-state index in [1.165, 1.54) is 11.3 Å². The van der Waals surface area contributed by atoms with Gasteiger partial charge in [-0.05, 0) is 22.9 Å². The molecule has 1 heterocycles. The zero-order valence-electron chi connectivity index (χ0n) is 9.15. The number of hydrogen-bond acceptors (Lipinski definition) is 4. The van der Waals surface area contributed by atoms with E-state index in [-0.39, 0.29) is 12.3 Å². The average Bonchev–Trinajstić information content (AvgIpc) is 2.84. The molecule has 0 radical (unpaired) electrons. The minimum atomic E-state index is -0.919. The third-order valence-electron chi connectivity index (χ3n) is 2.26. The number of halogens is 2. The monoisotopic (exact) mass is 269 g/mol. The summed E-state index contributed by atoms with van der Waals surface area (Å²) in [4.78, 5) is 11.6. The van der Waals surface area contributed by atoms with E-state index in [0.29, 0.717) is 0 Å². The van der Waals surface area contributed by atoms with Crippen LogP contribution in [0.25, 0.3) is 0 Å². The summed E-state index contributed by atoms with van der Waals surface area (Å²) in [6, 6.07) is 3.27. The van der Waals surface area contributed by atoms with E-state index in [4.69, 9.17) is 10.5 Å². The Kier molecular flexibility index (Phi) is 3.57. The van der Waals surface area contributed by atoms with Crippen molar-refractivity contribution in [3.05, 3.63) is 51.7 Å². The van der Waals surface area contributed by atoms with Gasteiger partial charge in [0.1, 0.15) is 18.2 Å². The zero-order chi connectivity index (χ0) is 13.1. The average molecular weight is 269 g/mol. The molecule has 0 unspecified atom stereocenters. The van der Waals surface area contributed by atoms with Gasteiger partial charge < -0.3 is 10.5 Å². The molecule has 2 N–H and O–H groups in total. The van der Waals surface area contributed by atoms with Gasteiger partial charge in [0.05, 0.1) is 11.3 Å². The van der Waals surface area contributed by atoms with E-state index in [2.05, 4.69) is 0 Å². The second-order valence-corrected chi connectivity index (χ2v) is 4.34. The number of carbonyl (C=O) groups is 1. The summed E-state index contributed by atoms with van der Waals surface area (Å²) in [5, 5.41) is 3.62. The first-order valence-corrected chi connectivity index (χ1v) is 5.95. The van der Waals surface area contributed by atoms with Gasteiger partial charge in [0.25, 0.3) is 0 Å². The number of nitrogens with two attached hydrogens (primary N) is 1. The lowest BCUT2D eigenvalue weighted by Crippen LogP contribution is -2.09. The summed E-state index contributed by atoms with van der Waals surface area (Å²) in [5.41, 5.74) is 5.16. The first-order chi connectivity index (χ1) is 8.58. The molecule has 0 atom stereocenters. The lowest BCUT2D eigenvalue weighted by Gasteiger charge is -2.06. The van der Waals surface area contributed by atoms with E-state index >= 15 is 0 Å². The molecule has 0 fully saturated rings. The van der Waals surface area contributed by atoms with Crippen LogP contribution in [0, 0.1) is 11.6 Å². The lowest BCUT2D eigenvalue weighted by molar-refractivity contribution is 0.0467. The molecule has 0 bridgehead atoms. The maximum absolute atomic E-state index is 13.4. The van der Waals surface area contributed by atoms with Gasteiger partial charge in [0, 0.05) is 11.6 Å². The summed E-state index contributed by atoms with van der Waals surface area (Å²) in [6.07, 6.45) is 0. The van der Waals surface area contributed by atoms with Crippen molar-refractivity contribution in [3.8, 4) is 0 Å². The SMILES string of the molecule is Nc1cc(F)c(C(=O)OCc2ccsc2)cc1F. The fourth-order valence-electron chi connectivity index (χ4n) is 1.32. The van der Waals surface area contributed by atoms with Gasteiger partial charge in [-0.1, -0.05) is 0 Å². The normalized spacial score (nSPS) is 10.3. The molecule has 3 nitrogen and oxygen atoms in total. The molecule has 2 aromatic rings. The zero-order valence-corrected chi connectivity index (χ0v) is 9.97. The Bertz CT molecular complexity index is 570. The van der Waals surface area contributed by atoms with Crippen LogP contribution >= 0.6 is 11.3 Å². The quantitative estimate of drug-likeness (QED) is 0.688. The second kappa shape index (κ2) is 5.14. The first kappa shape index (κ1) is 12.5. The predicted molar refractivity (Wildman–Crippen MR) is 64.2 cm³/mol. The van der Waals surface area contributed by atoms with Crippen LogP contribution < -0.4 is 5.73 Å². The van der Waals surface area contributed by atoms with Gasteiger partial charge >= 0.3 is 5.97 Å². The minimum Gasteiger partial charge on any atom is -0.457 e. The maximum Gasteiger partial charge on any atom is 0.341 e. The molecule has 0 aliphatic rings. The molecule has 94 valence electrons. The van der Waals surface area contributed by atoms with Crippen molar-refractivity contribution in [3.63, 3.8) is 0 Å². The third kappa shape index (κ3) is 2.65. The van der Waals surface area contributed by atoms with Crippen LogP contribution in [0.5, 0.6) is 0 Å². The van der Waals surface area contributed by atoms with Crippen molar-refractivity contribution in [2.45, 2.75) is 6.61 Å². The van der Waals surface area contributed by atoms with Crippen molar-refractivity contribution < 1.29 is 18.3 Å². The number of nitrogen functional groups attached to an aromatic ring is 1. The number of thiophene rings is 1. The lowest BCUT2D eigenvalue weighted by atomic mass is 10.2. The van der Waals surface area contributed by atoms with Crippen molar-refractivity contribution in [1.82, 2.24) is 0 Å². The molecule has 1 aromatic carbocycles. The van der Waals surface area contributed by atoms with E-state index in [9.17, 15) is 13.6 Å². The Morgan fingerprint density at radius 2 is 2.11 bits per heavy atom. The van der Waals surface area contributed by atoms with Gasteiger partial charge in [0.15, 0.2) is 0 Å². The topological polar surface area (TPSA) is 52.3 Å². The molecule has 1 aromatic heterocycles. The molecule has 0 saturated heterocycles. The number of carbonyl (C=O) groups excluding carboxylic acids is 1. The number of benzene rings is 1. The number of anilines is 1. The van der Waals surface area contributed by atoms with Crippen molar-refractivity contribution in [2.75, 3.05) is 5.73 Å². The van der Waals surface area contributed by atoms with Crippen LogP contribution in [0.3, 0.4) is 0 Å². The Labute approximate surface area is 106 Å². The van der Waals surface area contributed by atoms with Gasteiger partial charge in [-0.15, -0.1) is 0 Å². The molecule has 0 amide bonds. The van der Waals surface area contributed by atoms with E-state index in [1.54, 1.807) is 11.4 Å². The molecular formula is C12H9F2NO2S. The molecule has 2 rings (SSSR count). The molecule has 0 spiro atoms. The summed E-state index contributed by atoms with van der Waals surface area (Å²) in [6.45, 7) is 0.0216. The highest BCUT2D eigenvalue weighted by molar-refractivity contribution is 7.07. The molecule has 0 saturated carbocycles. The van der Waals surface area contributed by atoms with Gasteiger partial charge in [0.2, 0.25) is 0 Å². The number of hydrogen-bond donors (Lipinski definition) is 1. The molecular weight excluding hydrogens is 260 g/mol. The van der Waals surface area contributed by atoms with E-state index < -0.39 is 23.2 Å². The second-order valence-electron chi connectivity index (χ2n) is 3.56. The fraction of sp³-hybridized carbons (Fsp3) is 0.0833. The Morgan fingerprint density at radius 3 is 2.78 bits per heavy atom. The summed E-state index contributed by atoms with van der Waals surface area (Å²) < 4.78 is 31.4. The van der Waals surface area contributed by atoms with Crippen LogP contribution in [0.4, 0.5) is 14.5 Å². The van der Waals surface area contributed by atoms with Gasteiger partial charge in [-0.3, -0.25) is 0 Å². The Morgan fingerprint density at radius 1 is 1.33 bits per heavy atom. The van der Waals surface area contributed by atoms with Crippen LogP contribution in [0.1, 0.15) is 15.9 Å².